The highest BCUT2D eigenvalue weighted by Gasteiger charge is 2.22. The first-order valence-corrected chi connectivity index (χ1v) is 12.4. The summed E-state index contributed by atoms with van der Waals surface area (Å²) in [5.41, 5.74) is 3.35. The van der Waals surface area contributed by atoms with Gasteiger partial charge in [-0.3, -0.25) is 9.52 Å². The van der Waals surface area contributed by atoms with Gasteiger partial charge in [0.2, 0.25) is 0 Å². The standard InChI is InChI=1S/C25H27ClN2O4S/c1-5-32-21-10-7-19(8-11-21)18(4)27-25(29)20-9-12-22(26)24(15-20)33(30,31)28-23-13-6-16(2)14-17(23)3/h6-15,18,28H,5H2,1-4H3,(H,27,29). The maximum absolute atomic E-state index is 13.0. The number of halogens is 1. The quantitative estimate of drug-likeness (QED) is 0.431. The highest BCUT2D eigenvalue weighted by molar-refractivity contribution is 7.92. The van der Waals surface area contributed by atoms with E-state index in [1.165, 1.54) is 18.2 Å². The molecule has 8 heteroatoms. The van der Waals surface area contributed by atoms with Crippen molar-refractivity contribution in [3.63, 3.8) is 0 Å². The number of hydrogen-bond donors (Lipinski definition) is 2. The maximum atomic E-state index is 13.0. The van der Waals surface area contributed by atoms with Crippen molar-refractivity contribution in [3.05, 3.63) is 87.9 Å². The molecule has 3 aromatic carbocycles. The molecule has 1 amide bonds. The summed E-state index contributed by atoms with van der Waals surface area (Å²) in [5, 5.41) is 2.92. The predicted octanol–water partition coefficient (Wildman–Crippen LogP) is 5.65. The van der Waals surface area contributed by atoms with E-state index in [2.05, 4.69) is 10.0 Å². The maximum Gasteiger partial charge on any atom is 0.263 e. The molecule has 0 fully saturated rings. The summed E-state index contributed by atoms with van der Waals surface area (Å²) in [6.07, 6.45) is 0. The first-order valence-electron chi connectivity index (χ1n) is 10.5. The van der Waals surface area contributed by atoms with Crippen molar-refractivity contribution in [3.8, 4) is 5.75 Å². The molecule has 0 saturated heterocycles. The summed E-state index contributed by atoms with van der Waals surface area (Å²) in [6, 6.07) is 16.7. The van der Waals surface area contributed by atoms with Gasteiger partial charge in [0.1, 0.15) is 10.6 Å². The lowest BCUT2D eigenvalue weighted by Crippen LogP contribution is -2.27. The monoisotopic (exact) mass is 486 g/mol. The van der Waals surface area contributed by atoms with Crippen LogP contribution in [-0.4, -0.2) is 20.9 Å². The van der Waals surface area contributed by atoms with Crippen LogP contribution in [0.25, 0.3) is 0 Å². The SMILES string of the molecule is CCOc1ccc(C(C)NC(=O)c2ccc(Cl)c(S(=O)(=O)Nc3ccc(C)cc3C)c2)cc1. The van der Waals surface area contributed by atoms with Crippen molar-refractivity contribution in [1.82, 2.24) is 5.32 Å². The number of amides is 1. The molecule has 0 aliphatic rings. The number of ether oxygens (including phenoxy) is 1. The van der Waals surface area contributed by atoms with Crippen LogP contribution in [0.4, 0.5) is 5.69 Å². The zero-order chi connectivity index (χ0) is 24.2. The molecule has 0 radical (unpaired) electrons. The van der Waals surface area contributed by atoms with Crippen LogP contribution in [0.15, 0.2) is 65.6 Å². The molecule has 174 valence electrons. The van der Waals surface area contributed by atoms with Gasteiger partial charge >= 0.3 is 0 Å². The summed E-state index contributed by atoms with van der Waals surface area (Å²) >= 11 is 6.20. The van der Waals surface area contributed by atoms with Gasteiger partial charge in [-0.2, -0.15) is 0 Å². The van der Waals surface area contributed by atoms with Crippen LogP contribution in [0, 0.1) is 13.8 Å². The fourth-order valence-corrected chi connectivity index (χ4v) is 5.02. The number of sulfonamides is 1. The third-order valence-electron chi connectivity index (χ3n) is 5.15. The van der Waals surface area contributed by atoms with Crippen molar-refractivity contribution < 1.29 is 17.9 Å². The third kappa shape index (κ3) is 6.06. The lowest BCUT2D eigenvalue weighted by molar-refractivity contribution is 0.0939. The van der Waals surface area contributed by atoms with Gasteiger partial charge in [0.25, 0.3) is 15.9 Å². The summed E-state index contributed by atoms with van der Waals surface area (Å²) in [7, 11) is -4.00. The van der Waals surface area contributed by atoms with E-state index >= 15 is 0 Å². The molecule has 0 saturated carbocycles. The molecule has 0 bridgehead atoms. The van der Waals surface area contributed by atoms with Gasteiger partial charge in [0, 0.05) is 5.56 Å². The Kier molecular flexibility index (Phi) is 7.66. The molecule has 0 aliphatic carbocycles. The fraction of sp³-hybridized carbons (Fsp3) is 0.240. The van der Waals surface area contributed by atoms with Crippen molar-refractivity contribution in [2.24, 2.45) is 0 Å². The Balaban J connectivity index is 1.80. The van der Waals surface area contributed by atoms with E-state index in [0.717, 1.165) is 22.4 Å². The molecule has 6 nitrogen and oxygen atoms in total. The number of carbonyl (C=O) groups excluding carboxylic acids is 1. The zero-order valence-electron chi connectivity index (χ0n) is 19.0. The van der Waals surface area contributed by atoms with Gasteiger partial charge in [-0.25, -0.2) is 8.42 Å². The predicted molar refractivity (Wildman–Crippen MR) is 132 cm³/mol. The first-order chi connectivity index (χ1) is 15.6. The van der Waals surface area contributed by atoms with E-state index in [0.29, 0.717) is 12.3 Å². The molecular weight excluding hydrogens is 460 g/mol. The smallest absolute Gasteiger partial charge is 0.263 e. The number of carbonyl (C=O) groups is 1. The molecule has 0 aliphatic heterocycles. The van der Waals surface area contributed by atoms with Crippen molar-refractivity contribution in [1.29, 1.82) is 0 Å². The minimum absolute atomic E-state index is 0.0309. The van der Waals surface area contributed by atoms with Crippen LogP contribution in [0.3, 0.4) is 0 Å². The number of aryl methyl sites for hydroxylation is 2. The van der Waals surface area contributed by atoms with E-state index in [9.17, 15) is 13.2 Å². The summed E-state index contributed by atoms with van der Waals surface area (Å²) in [5.74, 6) is 0.347. The van der Waals surface area contributed by atoms with E-state index in [-0.39, 0.29) is 21.5 Å². The Morgan fingerprint density at radius 2 is 1.73 bits per heavy atom. The lowest BCUT2D eigenvalue weighted by Gasteiger charge is -2.16. The molecular formula is C25H27ClN2O4S. The normalized spacial score (nSPS) is 12.2. The minimum atomic E-state index is -4.00. The third-order valence-corrected chi connectivity index (χ3v) is 6.99. The average molecular weight is 487 g/mol. The number of anilines is 1. The molecule has 3 rings (SSSR count). The Morgan fingerprint density at radius 1 is 1.03 bits per heavy atom. The molecule has 1 atom stereocenters. The van der Waals surface area contributed by atoms with Crippen LogP contribution in [0.2, 0.25) is 5.02 Å². The van der Waals surface area contributed by atoms with Gasteiger partial charge in [0.15, 0.2) is 0 Å². The Morgan fingerprint density at radius 3 is 2.36 bits per heavy atom. The second kappa shape index (κ2) is 10.3. The van der Waals surface area contributed by atoms with Crippen molar-refractivity contribution in [2.45, 2.75) is 38.6 Å². The van der Waals surface area contributed by atoms with Crippen LogP contribution in [0.5, 0.6) is 5.75 Å². The lowest BCUT2D eigenvalue weighted by atomic mass is 10.1. The Labute approximate surface area is 200 Å². The zero-order valence-corrected chi connectivity index (χ0v) is 20.5. The molecule has 1 unspecified atom stereocenters. The van der Waals surface area contributed by atoms with Gasteiger partial charge < -0.3 is 10.1 Å². The van der Waals surface area contributed by atoms with Gasteiger partial charge in [-0.05, 0) is 75.2 Å². The van der Waals surface area contributed by atoms with Crippen molar-refractivity contribution >= 4 is 33.2 Å². The highest BCUT2D eigenvalue weighted by atomic mass is 35.5. The Hall–Kier alpha value is -3.03. The van der Waals surface area contributed by atoms with Crippen LogP contribution in [-0.2, 0) is 10.0 Å². The number of benzene rings is 3. The Bertz CT molecular complexity index is 1260. The van der Waals surface area contributed by atoms with E-state index in [1.807, 2.05) is 64.1 Å². The molecule has 33 heavy (non-hydrogen) atoms. The van der Waals surface area contributed by atoms with Crippen LogP contribution < -0.4 is 14.8 Å². The molecule has 0 spiro atoms. The minimum Gasteiger partial charge on any atom is -0.494 e. The topological polar surface area (TPSA) is 84.5 Å². The second-order valence-corrected chi connectivity index (χ2v) is 9.82. The highest BCUT2D eigenvalue weighted by Crippen LogP contribution is 2.27. The molecule has 2 N–H and O–H groups in total. The molecule has 0 heterocycles. The summed E-state index contributed by atoms with van der Waals surface area (Å²) in [6.45, 7) is 8.08. The van der Waals surface area contributed by atoms with Crippen LogP contribution in [0.1, 0.15) is 46.9 Å². The van der Waals surface area contributed by atoms with Gasteiger partial charge in [-0.1, -0.05) is 41.4 Å². The van der Waals surface area contributed by atoms with E-state index < -0.39 is 15.9 Å². The summed E-state index contributed by atoms with van der Waals surface area (Å²) < 4.78 is 34.1. The largest absolute Gasteiger partial charge is 0.494 e. The molecule has 0 aromatic heterocycles. The second-order valence-electron chi connectivity index (χ2n) is 7.77. The average Bonchev–Trinajstić information content (AvgIpc) is 2.76. The van der Waals surface area contributed by atoms with Crippen LogP contribution >= 0.6 is 11.6 Å². The van der Waals surface area contributed by atoms with Gasteiger partial charge in [-0.15, -0.1) is 0 Å². The summed E-state index contributed by atoms with van der Waals surface area (Å²) in [4.78, 5) is 12.7. The number of hydrogen-bond acceptors (Lipinski definition) is 4. The van der Waals surface area contributed by atoms with E-state index in [1.54, 1.807) is 6.07 Å². The van der Waals surface area contributed by atoms with E-state index in [4.69, 9.17) is 16.3 Å². The van der Waals surface area contributed by atoms with Gasteiger partial charge in [0.05, 0.1) is 23.4 Å². The first kappa shape index (κ1) is 24.6. The molecule has 3 aromatic rings. The number of rotatable bonds is 8. The fourth-order valence-electron chi connectivity index (χ4n) is 3.36. The number of nitrogens with one attached hydrogen (secondary N) is 2. The van der Waals surface area contributed by atoms with Crippen molar-refractivity contribution in [2.75, 3.05) is 11.3 Å².